The number of carbonyl (C=O) groups excluding carboxylic acids is 5. The molecule has 168 valence electrons. The van der Waals surface area contributed by atoms with E-state index in [0.717, 1.165) is 27.9 Å². The summed E-state index contributed by atoms with van der Waals surface area (Å²) in [6.45, 7) is 2.76. The van der Waals surface area contributed by atoms with Crippen molar-refractivity contribution in [1.29, 1.82) is 0 Å². The van der Waals surface area contributed by atoms with Crippen LogP contribution in [-0.2, 0) is 42.9 Å². The number of benzene rings is 1. The lowest BCUT2D eigenvalue weighted by atomic mass is 9.92. The molecule has 1 fully saturated rings. The van der Waals surface area contributed by atoms with E-state index in [-0.39, 0.29) is 5.56 Å². The third-order valence-electron chi connectivity index (χ3n) is 4.28. The van der Waals surface area contributed by atoms with Crippen LogP contribution in [0.15, 0.2) is 30.3 Å². The lowest BCUT2D eigenvalue weighted by Gasteiger charge is -2.46. The summed E-state index contributed by atoms with van der Waals surface area (Å²) in [6, 6.07) is 7.85. The number of carbonyl (C=O) groups is 5. The molecule has 31 heavy (non-hydrogen) atoms. The van der Waals surface area contributed by atoms with E-state index >= 15 is 0 Å². The fourth-order valence-corrected chi connectivity index (χ4v) is 3.10. The molecule has 1 aromatic carbocycles. The topological polar surface area (TPSA) is 144 Å². The molecule has 1 N–H and O–H groups in total. The van der Waals surface area contributed by atoms with Crippen LogP contribution in [0.5, 0.6) is 0 Å². The Morgan fingerprint density at radius 3 is 2.03 bits per heavy atom. The highest BCUT2D eigenvalue weighted by atomic mass is 16.7. The lowest BCUT2D eigenvalue weighted by molar-refractivity contribution is -0.262. The fourth-order valence-electron chi connectivity index (χ4n) is 3.10. The summed E-state index contributed by atoms with van der Waals surface area (Å²) in [7, 11) is 1.03. The highest BCUT2D eigenvalue weighted by Crippen LogP contribution is 2.32. The molecule has 0 unspecified atom stereocenters. The molecule has 2 rings (SSSR count). The minimum absolute atomic E-state index is 0.169. The van der Waals surface area contributed by atoms with Crippen LogP contribution in [0.2, 0.25) is 0 Å². The predicted molar refractivity (Wildman–Crippen MR) is 101 cm³/mol. The Kier molecular flexibility index (Phi) is 7.70. The largest absolute Gasteiger partial charge is 0.465 e. The number of methoxy groups -OCH3 is 1. The average Bonchev–Trinajstić information content (AvgIpc) is 2.71. The van der Waals surface area contributed by atoms with Gasteiger partial charge in [-0.15, -0.1) is 0 Å². The molecule has 0 spiro atoms. The molecule has 1 amide bonds. The van der Waals surface area contributed by atoms with Crippen molar-refractivity contribution in [2.75, 3.05) is 13.7 Å². The maximum Gasteiger partial charge on any atom is 0.363 e. The monoisotopic (exact) mass is 437 g/mol. The summed E-state index contributed by atoms with van der Waals surface area (Å²) >= 11 is 0. The van der Waals surface area contributed by atoms with E-state index in [1.807, 2.05) is 0 Å². The van der Waals surface area contributed by atoms with Crippen LogP contribution in [0.3, 0.4) is 0 Å². The molecule has 4 atom stereocenters. The maximum absolute atomic E-state index is 12.8. The molecular formula is C20H23NO10. The number of nitrogens with one attached hydrogen (secondary N) is 1. The quantitative estimate of drug-likeness (QED) is 0.481. The SMILES string of the molecule is COC(=O)[C@@]1(NC(=O)c2ccccc2)OC[C@@H](OC(C)=O)[C@@H](OC(C)=O)[C@H]1OC(C)=O. The summed E-state index contributed by atoms with van der Waals surface area (Å²) in [6.07, 6.45) is -4.43. The first-order valence-corrected chi connectivity index (χ1v) is 9.22. The van der Waals surface area contributed by atoms with Gasteiger partial charge in [-0.1, -0.05) is 18.2 Å². The van der Waals surface area contributed by atoms with Gasteiger partial charge in [0.1, 0.15) is 0 Å². The van der Waals surface area contributed by atoms with E-state index in [1.165, 1.54) is 12.1 Å². The van der Waals surface area contributed by atoms with Crippen molar-refractivity contribution in [2.24, 2.45) is 0 Å². The molecule has 11 heteroatoms. The minimum Gasteiger partial charge on any atom is -0.465 e. The van der Waals surface area contributed by atoms with Gasteiger partial charge >= 0.3 is 23.9 Å². The van der Waals surface area contributed by atoms with Crippen LogP contribution in [0, 0.1) is 0 Å². The van der Waals surface area contributed by atoms with Crippen LogP contribution in [0.1, 0.15) is 31.1 Å². The van der Waals surface area contributed by atoms with Gasteiger partial charge in [0.2, 0.25) is 6.10 Å². The molecule has 0 aliphatic carbocycles. The van der Waals surface area contributed by atoms with Crippen molar-refractivity contribution in [3.63, 3.8) is 0 Å². The Balaban J connectivity index is 2.55. The van der Waals surface area contributed by atoms with E-state index in [4.69, 9.17) is 23.7 Å². The van der Waals surface area contributed by atoms with Crippen LogP contribution >= 0.6 is 0 Å². The molecule has 0 aromatic heterocycles. The maximum atomic E-state index is 12.8. The molecule has 1 aromatic rings. The van der Waals surface area contributed by atoms with E-state index < -0.39 is 60.4 Å². The van der Waals surface area contributed by atoms with Crippen molar-refractivity contribution in [1.82, 2.24) is 5.32 Å². The van der Waals surface area contributed by atoms with Crippen molar-refractivity contribution >= 4 is 29.8 Å². The number of esters is 4. The van der Waals surface area contributed by atoms with Crippen LogP contribution in [-0.4, -0.2) is 67.5 Å². The van der Waals surface area contributed by atoms with Gasteiger partial charge in [-0.25, -0.2) is 4.79 Å². The zero-order valence-corrected chi connectivity index (χ0v) is 17.4. The summed E-state index contributed by atoms with van der Waals surface area (Å²) in [4.78, 5) is 60.7. The van der Waals surface area contributed by atoms with Crippen LogP contribution < -0.4 is 5.32 Å². The molecule has 1 aliphatic rings. The predicted octanol–water partition coefficient (Wildman–Crippen LogP) is 0.111. The Labute approximate surface area is 177 Å². The Hall–Kier alpha value is -3.47. The van der Waals surface area contributed by atoms with E-state index in [9.17, 15) is 24.0 Å². The third-order valence-corrected chi connectivity index (χ3v) is 4.28. The summed E-state index contributed by atoms with van der Waals surface area (Å²) in [5, 5.41) is 2.39. The van der Waals surface area contributed by atoms with Gasteiger partial charge in [0, 0.05) is 26.3 Å². The smallest absolute Gasteiger partial charge is 0.363 e. The normalized spacial score (nSPS) is 25.0. The molecule has 0 saturated carbocycles. The fraction of sp³-hybridized carbons (Fsp3) is 0.450. The number of ether oxygens (including phenoxy) is 5. The van der Waals surface area contributed by atoms with Gasteiger partial charge in [-0.2, -0.15) is 0 Å². The van der Waals surface area contributed by atoms with Crippen molar-refractivity contribution < 1.29 is 47.7 Å². The number of rotatable bonds is 6. The Bertz CT molecular complexity index is 855. The van der Waals surface area contributed by atoms with E-state index in [1.54, 1.807) is 18.2 Å². The lowest BCUT2D eigenvalue weighted by Crippen LogP contribution is -2.73. The number of hydrogen-bond donors (Lipinski definition) is 1. The molecular weight excluding hydrogens is 414 g/mol. The second-order valence-corrected chi connectivity index (χ2v) is 6.61. The van der Waals surface area contributed by atoms with Gasteiger partial charge in [-0.05, 0) is 12.1 Å². The summed E-state index contributed by atoms with van der Waals surface area (Å²) < 4.78 is 26.0. The van der Waals surface area contributed by atoms with Crippen LogP contribution in [0.4, 0.5) is 0 Å². The average molecular weight is 437 g/mol. The second kappa shape index (κ2) is 10.0. The van der Waals surface area contributed by atoms with Gasteiger partial charge in [-0.3, -0.25) is 19.2 Å². The molecule has 0 radical (unpaired) electrons. The molecule has 0 bridgehead atoms. The van der Waals surface area contributed by atoms with Crippen molar-refractivity contribution in [3.05, 3.63) is 35.9 Å². The first-order valence-electron chi connectivity index (χ1n) is 9.22. The molecule has 1 saturated heterocycles. The van der Waals surface area contributed by atoms with E-state index in [2.05, 4.69) is 5.32 Å². The standard InChI is InChI=1S/C20H23NO10/c1-11(22)29-15-10-28-20(19(26)27-4,21-18(25)14-8-6-5-7-9-14)17(31-13(3)24)16(15)30-12(2)23/h5-9,15-17H,10H2,1-4H3,(H,21,25)/t15-,16-,17-,20+/m1/s1. The van der Waals surface area contributed by atoms with Gasteiger partial charge < -0.3 is 29.0 Å². The highest BCUT2D eigenvalue weighted by molar-refractivity contribution is 5.98. The van der Waals surface area contributed by atoms with Crippen molar-refractivity contribution in [3.8, 4) is 0 Å². The second-order valence-electron chi connectivity index (χ2n) is 6.61. The molecule has 11 nitrogen and oxygen atoms in total. The van der Waals surface area contributed by atoms with Gasteiger partial charge in [0.25, 0.3) is 11.6 Å². The molecule has 1 aliphatic heterocycles. The van der Waals surface area contributed by atoms with Gasteiger partial charge in [0.05, 0.1) is 13.7 Å². The zero-order valence-electron chi connectivity index (χ0n) is 17.4. The summed E-state index contributed by atoms with van der Waals surface area (Å²) in [5.41, 5.74) is -2.22. The first kappa shape index (κ1) is 23.8. The first-order chi connectivity index (χ1) is 14.6. The number of amides is 1. The molecule has 1 heterocycles. The number of hydrogen-bond acceptors (Lipinski definition) is 10. The Morgan fingerprint density at radius 1 is 0.935 bits per heavy atom. The van der Waals surface area contributed by atoms with Crippen LogP contribution in [0.25, 0.3) is 0 Å². The van der Waals surface area contributed by atoms with Gasteiger partial charge in [0.15, 0.2) is 12.2 Å². The zero-order chi connectivity index (χ0) is 23.2. The highest BCUT2D eigenvalue weighted by Gasteiger charge is 2.62. The summed E-state index contributed by atoms with van der Waals surface area (Å²) in [5.74, 6) is -4.30. The third kappa shape index (κ3) is 5.57. The minimum atomic E-state index is -2.38. The Morgan fingerprint density at radius 2 is 1.52 bits per heavy atom. The van der Waals surface area contributed by atoms with E-state index in [0.29, 0.717) is 0 Å². The van der Waals surface area contributed by atoms with Crippen molar-refractivity contribution in [2.45, 2.75) is 44.8 Å².